The van der Waals surface area contributed by atoms with E-state index in [0.29, 0.717) is 32.9 Å². The van der Waals surface area contributed by atoms with E-state index in [9.17, 15) is 14.9 Å². The van der Waals surface area contributed by atoms with Crippen molar-refractivity contribution in [1.29, 1.82) is 5.26 Å². The van der Waals surface area contributed by atoms with Crippen LogP contribution in [-0.4, -0.2) is 17.1 Å². The highest BCUT2D eigenvalue weighted by Gasteiger charge is 2.40. The Morgan fingerprint density at radius 3 is 2.23 bits per heavy atom. The Morgan fingerprint density at radius 2 is 1.60 bits per heavy atom. The Morgan fingerprint density at radius 1 is 0.943 bits per heavy atom. The van der Waals surface area contributed by atoms with E-state index in [1.54, 1.807) is 48.5 Å². The van der Waals surface area contributed by atoms with Crippen LogP contribution in [0.5, 0.6) is 0 Å². The summed E-state index contributed by atoms with van der Waals surface area (Å²) in [6.07, 6.45) is 0.334. The molecule has 4 rings (SSSR count). The van der Waals surface area contributed by atoms with Gasteiger partial charge in [-0.2, -0.15) is 5.26 Å². The van der Waals surface area contributed by atoms with Gasteiger partial charge in [0, 0.05) is 11.4 Å². The molecule has 10 heteroatoms. The van der Waals surface area contributed by atoms with Gasteiger partial charge < -0.3 is 5.32 Å². The van der Waals surface area contributed by atoms with Crippen molar-refractivity contribution < 1.29 is 9.59 Å². The third kappa shape index (κ3) is 5.61. The molecule has 1 heterocycles. The molecule has 0 aromatic heterocycles. The van der Waals surface area contributed by atoms with Gasteiger partial charge in [0.1, 0.15) is 16.7 Å². The number of hydrogen-bond acceptors (Lipinski definition) is 4. The van der Waals surface area contributed by atoms with Crippen molar-refractivity contribution >= 4 is 81.4 Å². The van der Waals surface area contributed by atoms with Crippen LogP contribution in [0.1, 0.15) is 5.56 Å². The van der Waals surface area contributed by atoms with Gasteiger partial charge in [0.2, 0.25) is 5.91 Å². The van der Waals surface area contributed by atoms with Gasteiger partial charge >= 0.3 is 0 Å². The van der Waals surface area contributed by atoms with Gasteiger partial charge in [0.25, 0.3) is 5.91 Å². The van der Waals surface area contributed by atoms with E-state index in [1.165, 1.54) is 17.0 Å². The lowest BCUT2D eigenvalue weighted by Crippen LogP contribution is -2.30. The van der Waals surface area contributed by atoms with Crippen molar-refractivity contribution in [3.8, 4) is 6.07 Å². The molecule has 1 unspecified atom stereocenters. The van der Waals surface area contributed by atoms with Gasteiger partial charge in [-0.05, 0) is 54.4 Å². The summed E-state index contributed by atoms with van der Waals surface area (Å²) < 4.78 is 0. The van der Waals surface area contributed by atoms with Gasteiger partial charge in [-0.15, -0.1) is 0 Å². The van der Waals surface area contributed by atoms with Gasteiger partial charge in [0.15, 0.2) is 0 Å². The van der Waals surface area contributed by atoms with Crippen LogP contribution in [0.15, 0.2) is 77.3 Å². The molecule has 1 fully saturated rings. The molecule has 1 aliphatic heterocycles. The monoisotopic (exact) mass is 561 g/mol. The maximum atomic E-state index is 13.5. The maximum Gasteiger partial charge on any atom is 0.269 e. The van der Waals surface area contributed by atoms with Gasteiger partial charge in [0.05, 0.1) is 25.3 Å². The van der Waals surface area contributed by atoms with Crippen LogP contribution in [0.25, 0.3) is 0 Å². The molecule has 2 amide bonds. The SMILES string of the molecule is N#C/C(C(=O)Nc1ccc(Cl)c(Cl)c1)=C1/SC(Cc2ccc(Cl)c(Cl)c2)C(=O)N1c1ccccc1. The van der Waals surface area contributed by atoms with Gasteiger partial charge in [-0.3, -0.25) is 14.5 Å². The van der Waals surface area contributed by atoms with Crippen molar-refractivity contribution in [1.82, 2.24) is 0 Å². The number of nitriles is 1. The zero-order chi connectivity index (χ0) is 25.1. The molecule has 0 aliphatic carbocycles. The molecule has 1 saturated heterocycles. The standard InChI is InChI=1S/C25H15Cl4N3O2S/c26-18-8-6-14(10-20(18)28)11-22-24(34)32(16-4-2-1-3-5-16)25(35-22)17(13-30)23(33)31-15-7-9-19(27)21(29)12-15/h1-10,12,22H,11H2,(H,31,33)/b25-17-. The number of nitrogens with zero attached hydrogens (tertiary/aromatic N) is 2. The minimum Gasteiger partial charge on any atom is -0.321 e. The zero-order valence-electron chi connectivity index (χ0n) is 17.8. The normalized spacial score (nSPS) is 16.7. The van der Waals surface area contributed by atoms with Crippen LogP contribution in [0.3, 0.4) is 0 Å². The molecular formula is C25H15Cl4N3O2S. The smallest absolute Gasteiger partial charge is 0.269 e. The number of nitrogens with one attached hydrogen (secondary N) is 1. The quantitative estimate of drug-likeness (QED) is 0.260. The molecule has 1 atom stereocenters. The van der Waals surface area contributed by atoms with E-state index in [-0.39, 0.29) is 21.5 Å². The van der Waals surface area contributed by atoms with Crippen LogP contribution in [0, 0.1) is 11.3 Å². The summed E-state index contributed by atoms with van der Waals surface area (Å²) in [7, 11) is 0. The molecule has 176 valence electrons. The molecule has 0 radical (unpaired) electrons. The number of benzene rings is 3. The number of amides is 2. The summed E-state index contributed by atoms with van der Waals surface area (Å²) >= 11 is 25.3. The second kappa shape index (κ2) is 10.9. The van der Waals surface area contributed by atoms with Crippen LogP contribution in [0.4, 0.5) is 11.4 Å². The van der Waals surface area contributed by atoms with E-state index < -0.39 is 11.2 Å². The molecule has 3 aromatic rings. The molecule has 0 bridgehead atoms. The third-order valence-electron chi connectivity index (χ3n) is 5.10. The number of rotatable bonds is 5. The van der Waals surface area contributed by atoms with Crippen molar-refractivity contribution in [3.63, 3.8) is 0 Å². The molecule has 0 saturated carbocycles. The van der Waals surface area contributed by atoms with Crippen molar-refractivity contribution in [2.45, 2.75) is 11.7 Å². The fourth-order valence-corrected chi connectivity index (χ4v) is 5.37. The minimum absolute atomic E-state index is 0.199. The molecule has 5 nitrogen and oxygen atoms in total. The van der Waals surface area contributed by atoms with Crippen molar-refractivity contribution in [2.75, 3.05) is 10.2 Å². The Kier molecular flexibility index (Phi) is 7.95. The average molecular weight is 563 g/mol. The van der Waals surface area contributed by atoms with E-state index in [1.807, 2.05) is 12.1 Å². The van der Waals surface area contributed by atoms with Crippen LogP contribution >= 0.6 is 58.2 Å². The van der Waals surface area contributed by atoms with Gasteiger partial charge in [-0.25, -0.2) is 0 Å². The minimum atomic E-state index is -0.669. The first kappa shape index (κ1) is 25.4. The summed E-state index contributed by atoms with van der Waals surface area (Å²) in [5, 5.41) is 13.6. The first-order valence-electron chi connectivity index (χ1n) is 10.2. The fraction of sp³-hybridized carbons (Fsp3) is 0.0800. The van der Waals surface area contributed by atoms with Crippen LogP contribution in [0.2, 0.25) is 20.1 Å². The number of hydrogen-bond donors (Lipinski definition) is 1. The van der Waals surface area contributed by atoms with E-state index in [2.05, 4.69) is 5.32 Å². The molecule has 1 N–H and O–H groups in total. The predicted molar refractivity (Wildman–Crippen MR) is 143 cm³/mol. The number of carbonyl (C=O) groups excluding carboxylic acids is 2. The number of carbonyl (C=O) groups is 2. The second-order valence-electron chi connectivity index (χ2n) is 7.44. The summed E-state index contributed by atoms with van der Waals surface area (Å²) in [4.78, 5) is 28.0. The first-order valence-corrected chi connectivity index (χ1v) is 12.6. The highest BCUT2D eigenvalue weighted by atomic mass is 35.5. The number of thioether (sulfide) groups is 1. The molecule has 3 aromatic carbocycles. The average Bonchev–Trinajstić information content (AvgIpc) is 3.15. The summed E-state index contributed by atoms with van der Waals surface area (Å²) in [5.41, 5.74) is 1.52. The van der Waals surface area contributed by atoms with Crippen LogP contribution < -0.4 is 10.2 Å². The summed E-state index contributed by atoms with van der Waals surface area (Å²) in [6.45, 7) is 0. The maximum absolute atomic E-state index is 13.5. The first-order chi connectivity index (χ1) is 16.8. The molecule has 35 heavy (non-hydrogen) atoms. The highest BCUT2D eigenvalue weighted by Crippen LogP contribution is 2.42. The number of para-hydroxylation sites is 1. The Bertz CT molecular complexity index is 1390. The Hall–Kier alpha value is -2.66. The van der Waals surface area contributed by atoms with E-state index >= 15 is 0 Å². The number of halogens is 4. The predicted octanol–water partition coefficient (Wildman–Crippen LogP) is 7.37. The largest absolute Gasteiger partial charge is 0.321 e. The fourth-order valence-electron chi connectivity index (χ4n) is 3.45. The lowest BCUT2D eigenvalue weighted by molar-refractivity contribution is -0.117. The Labute approximate surface area is 226 Å². The Balaban J connectivity index is 1.71. The zero-order valence-corrected chi connectivity index (χ0v) is 21.6. The van der Waals surface area contributed by atoms with Gasteiger partial charge in [-0.1, -0.05) is 82.4 Å². The van der Waals surface area contributed by atoms with E-state index in [0.717, 1.165) is 17.3 Å². The van der Waals surface area contributed by atoms with E-state index in [4.69, 9.17) is 46.4 Å². The molecule has 1 aliphatic rings. The summed E-state index contributed by atoms with van der Waals surface area (Å²) in [5.74, 6) is -0.922. The summed E-state index contributed by atoms with van der Waals surface area (Å²) in [6, 6.07) is 20.6. The van der Waals surface area contributed by atoms with Crippen LogP contribution in [-0.2, 0) is 16.0 Å². The molecule has 0 spiro atoms. The highest BCUT2D eigenvalue weighted by molar-refractivity contribution is 8.05. The van der Waals surface area contributed by atoms with Crippen molar-refractivity contribution in [3.05, 3.63) is 103 Å². The van der Waals surface area contributed by atoms with Crippen molar-refractivity contribution in [2.24, 2.45) is 0 Å². The lowest BCUT2D eigenvalue weighted by Gasteiger charge is -2.18. The molecular weight excluding hydrogens is 548 g/mol. The third-order valence-corrected chi connectivity index (χ3v) is 7.84. The number of anilines is 2. The lowest BCUT2D eigenvalue weighted by atomic mass is 10.1. The second-order valence-corrected chi connectivity index (χ2v) is 10.3. The topological polar surface area (TPSA) is 73.2 Å².